The van der Waals surface area contributed by atoms with Gasteiger partial charge in [-0.1, -0.05) is 25.1 Å². The van der Waals surface area contributed by atoms with Crippen LogP contribution in [0.3, 0.4) is 0 Å². The van der Waals surface area contributed by atoms with Crippen LogP contribution in [0.15, 0.2) is 30.3 Å². The molecule has 2 rings (SSSR count). The summed E-state index contributed by atoms with van der Waals surface area (Å²) in [7, 11) is 4.03. The van der Waals surface area contributed by atoms with Gasteiger partial charge in [0.25, 0.3) is 5.91 Å². The molecule has 134 valence electrons. The van der Waals surface area contributed by atoms with Crippen molar-refractivity contribution in [2.45, 2.75) is 26.7 Å². The van der Waals surface area contributed by atoms with Crippen LogP contribution in [0.5, 0.6) is 0 Å². The molecule has 0 aliphatic rings. The van der Waals surface area contributed by atoms with Crippen LogP contribution >= 0.6 is 0 Å². The number of amides is 1. The van der Waals surface area contributed by atoms with Crippen molar-refractivity contribution in [3.8, 4) is 0 Å². The summed E-state index contributed by atoms with van der Waals surface area (Å²) in [6, 6.07) is 9.74. The normalized spacial score (nSPS) is 10.8. The number of para-hydroxylation sites is 1. The predicted molar refractivity (Wildman–Crippen MR) is 101 cm³/mol. The van der Waals surface area contributed by atoms with E-state index in [1.807, 2.05) is 39.2 Å². The summed E-state index contributed by atoms with van der Waals surface area (Å²) in [4.78, 5) is 23.2. The minimum absolute atomic E-state index is 0.170. The molecule has 1 amide bonds. The number of anilines is 2. The molecule has 0 unspecified atom stereocenters. The van der Waals surface area contributed by atoms with Crippen molar-refractivity contribution in [2.75, 3.05) is 32.5 Å². The van der Waals surface area contributed by atoms with E-state index in [9.17, 15) is 4.79 Å². The fourth-order valence-corrected chi connectivity index (χ4v) is 2.50. The van der Waals surface area contributed by atoms with Crippen LogP contribution in [0.2, 0.25) is 0 Å². The molecule has 0 saturated heterocycles. The van der Waals surface area contributed by atoms with Crippen LogP contribution < -0.4 is 10.6 Å². The van der Waals surface area contributed by atoms with Crippen LogP contribution in [0, 0.1) is 6.92 Å². The van der Waals surface area contributed by atoms with E-state index in [1.165, 1.54) is 5.56 Å². The van der Waals surface area contributed by atoms with E-state index in [-0.39, 0.29) is 5.91 Å². The van der Waals surface area contributed by atoms with Crippen LogP contribution in [-0.4, -0.2) is 48.0 Å². The van der Waals surface area contributed by atoms with Gasteiger partial charge in [-0.05, 0) is 58.1 Å². The van der Waals surface area contributed by atoms with Crippen molar-refractivity contribution in [1.82, 2.24) is 20.2 Å². The Hall–Kier alpha value is -2.47. The average Bonchev–Trinajstić information content (AvgIpc) is 2.58. The Morgan fingerprint density at radius 1 is 1.20 bits per heavy atom. The number of rotatable bonds is 8. The molecule has 0 saturated carbocycles. The van der Waals surface area contributed by atoms with Crippen LogP contribution in [0.25, 0.3) is 0 Å². The van der Waals surface area contributed by atoms with Gasteiger partial charge in [-0.2, -0.15) is 0 Å². The Morgan fingerprint density at radius 2 is 1.96 bits per heavy atom. The van der Waals surface area contributed by atoms with Crippen molar-refractivity contribution in [1.29, 1.82) is 0 Å². The maximum absolute atomic E-state index is 12.3. The summed E-state index contributed by atoms with van der Waals surface area (Å²) in [6.07, 6.45) is 1.81. The second-order valence-electron chi connectivity index (χ2n) is 6.27. The third-order valence-corrected chi connectivity index (χ3v) is 3.80. The molecule has 6 heteroatoms. The van der Waals surface area contributed by atoms with E-state index in [2.05, 4.69) is 38.5 Å². The van der Waals surface area contributed by atoms with Crippen LogP contribution in [-0.2, 0) is 6.42 Å². The molecule has 1 aromatic carbocycles. The lowest BCUT2D eigenvalue weighted by Crippen LogP contribution is -2.28. The summed E-state index contributed by atoms with van der Waals surface area (Å²) in [5.41, 5.74) is 3.29. The van der Waals surface area contributed by atoms with E-state index in [0.29, 0.717) is 18.2 Å². The van der Waals surface area contributed by atoms with Gasteiger partial charge in [0.05, 0.1) is 0 Å². The fourth-order valence-electron chi connectivity index (χ4n) is 2.50. The van der Waals surface area contributed by atoms with Crippen molar-refractivity contribution >= 4 is 17.5 Å². The molecule has 0 radical (unpaired) electrons. The van der Waals surface area contributed by atoms with Crippen molar-refractivity contribution in [3.05, 3.63) is 47.3 Å². The Balaban J connectivity index is 2.08. The molecule has 0 aliphatic heterocycles. The maximum Gasteiger partial charge on any atom is 0.270 e. The number of hydrogen-bond donors (Lipinski definition) is 2. The molecular formula is C19H27N5O. The minimum atomic E-state index is -0.170. The second kappa shape index (κ2) is 9.13. The first-order valence-corrected chi connectivity index (χ1v) is 8.63. The highest BCUT2D eigenvalue weighted by Crippen LogP contribution is 2.19. The van der Waals surface area contributed by atoms with Crippen LogP contribution in [0.1, 0.15) is 35.1 Å². The number of aromatic nitrogens is 2. The average molecular weight is 341 g/mol. The van der Waals surface area contributed by atoms with Gasteiger partial charge in [0.15, 0.2) is 0 Å². The molecular weight excluding hydrogens is 314 g/mol. The number of benzene rings is 1. The number of aryl methyl sites for hydroxylation is 2. The zero-order valence-corrected chi connectivity index (χ0v) is 15.5. The molecule has 0 spiro atoms. The van der Waals surface area contributed by atoms with Crippen molar-refractivity contribution < 1.29 is 4.79 Å². The lowest BCUT2D eigenvalue weighted by atomic mass is 10.1. The largest absolute Gasteiger partial charge is 0.351 e. The van der Waals surface area contributed by atoms with E-state index >= 15 is 0 Å². The number of carbonyl (C=O) groups is 1. The lowest BCUT2D eigenvalue weighted by molar-refractivity contribution is 0.0947. The number of carbonyl (C=O) groups excluding carboxylic acids is 1. The molecule has 25 heavy (non-hydrogen) atoms. The Kier molecular flexibility index (Phi) is 6.89. The molecule has 6 nitrogen and oxygen atoms in total. The maximum atomic E-state index is 12.3. The first kappa shape index (κ1) is 18.9. The first-order chi connectivity index (χ1) is 12.0. The van der Waals surface area contributed by atoms with Gasteiger partial charge in [-0.25, -0.2) is 9.97 Å². The molecule has 1 heterocycles. The second-order valence-corrected chi connectivity index (χ2v) is 6.27. The Labute approximate surface area is 149 Å². The summed E-state index contributed by atoms with van der Waals surface area (Å²) in [6.45, 7) is 5.52. The third kappa shape index (κ3) is 5.83. The number of nitrogens with zero attached hydrogens (tertiary/aromatic N) is 3. The smallest absolute Gasteiger partial charge is 0.270 e. The summed E-state index contributed by atoms with van der Waals surface area (Å²) in [5, 5.41) is 6.14. The summed E-state index contributed by atoms with van der Waals surface area (Å²) >= 11 is 0. The Morgan fingerprint density at radius 3 is 2.68 bits per heavy atom. The van der Waals surface area contributed by atoms with Gasteiger partial charge in [0, 0.05) is 17.9 Å². The quantitative estimate of drug-likeness (QED) is 0.723. The molecule has 2 aromatic rings. The van der Waals surface area contributed by atoms with E-state index in [1.54, 1.807) is 6.07 Å². The molecule has 0 aliphatic carbocycles. The fraction of sp³-hybridized carbons (Fsp3) is 0.421. The van der Waals surface area contributed by atoms with Gasteiger partial charge >= 0.3 is 0 Å². The van der Waals surface area contributed by atoms with E-state index in [0.717, 1.165) is 30.8 Å². The van der Waals surface area contributed by atoms with Gasteiger partial charge in [-0.3, -0.25) is 4.79 Å². The van der Waals surface area contributed by atoms with Gasteiger partial charge in [0.2, 0.25) is 5.95 Å². The zero-order chi connectivity index (χ0) is 18.2. The monoisotopic (exact) mass is 341 g/mol. The number of hydrogen-bond acceptors (Lipinski definition) is 5. The minimum Gasteiger partial charge on any atom is -0.351 e. The molecule has 1 aromatic heterocycles. The molecule has 0 fully saturated rings. The highest BCUT2D eigenvalue weighted by Gasteiger charge is 2.11. The summed E-state index contributed by atoms with van der Waals surface area (Å²) in [5.74, 6) is 0.274. The highest BCUT2D eigenvalue weighted by atomic mass is 16.1. The van der Waals surface area contributed by atoms with Crippen molar-refractivity contribution in [3.63, 3.8) is 0 Å². The summed E-state index contributed by atoms with van der Waals surface area (Å²) < 4.78 is 0. The van der Waals surface area contributed by atoms with E-state index in [4.69, 9.17) is 0 Å². The molecule has 0 bridgehead atoms. The van der Waals surface area contributed by atoms with Crippen LogP contribution in [0.4, 0.5) is 11.6 Å². The predicted octanol–water partition coefficient (Wildman–Crippen LogP) is 2.77. The van der Waals surface area contributed by atoms with Gasteiger partial charge < -0.3 is 15.5 Å². The SMILES string of the molecule is CCc1ccccc1Nc1nc(C)cc(C(=O)NCCCN(C)C)n1. The topological polar surface area (TPSA) is 70.2 Å². The Bertz CT molecular complexity index is 715. The third-order valence-electron chi connectivity index (χ3n) is 3.80. The standard InChI is InChI=1S/C19H27N5O/c1-5-15-9-6-7-10-16(15)22-19-21-14(2)13-17(23-19)18(25)20-11-8-12-24(3)4/h6-7,9-10,13H,5,8,11-12H2,1-4H3,(H,20,25)(H,21,22,23). The zero-order valence-electron chi connectivity index (χ0n) is 15.5. The highest BCUT2D eigenvalue weighted by molar-refractivity contribution is 5.92. The van der Waals surface area contributed by atoms with Gasteiger partial charge in [0.1, 0.15) is 5.69 Å². The molecule has 2 N–H and O–H groups in total. The van der Waals surface area contributed by atoms with Gasteiger partial charge in [-0.15, -0.1) is 0 Å². The first-order valence-electron chi connectivity index (χ1n) is 8.63. The number of nitrogens with one attached hydrogen (secondary N) is 2. The van der Waals surface area contributed by atoms with Crippen molar-refractivity contribution in [2.24, 2.45) is 0 Å². The lowest BCUT2D eigenvalue weighted by Gasteiger charge is -2.12. The van der Waals surface area contributed by atoms with E-state index < -0.39 is 0 Å². The molecule has 0 atom stereocenters.